The van der Waals surface area contributed by atoms with Gasteiger partial charge in [0, 0.05) is 10.9 Å². The molecule has 150 valence electrons. The summed E-state index contributed by atoms with van der Waals surface area (Å²) in [6.45, 7) is 0. The fraction of sp³-hybridized carbons (Fsp3) is 0.182. The van der Waals surface area contributed by atoms with Crippen molar-refractivity contribution in [3.05, 3.63) is 65.7 Å². The van der Waals surface area contributed by atoms with Crippen molar-refractivity contribution in [3.8, 4) is 17.2 Å². The van der Waals surface area contributed by atoms with Crippen molar-refractivity contribution in [2.45, 2.75) is 16.8 Å². The molecule has 1 aromatic heterocycles. The number of carbonyl (C=O) groups is 1. The van der Waals surface area contributed by atoms with Gasteiger partial charge >= 0.3 is 0 Å². The number of methoxy groups -OCH3 is 2. The van der Waals surface area contributed by atoms with Crippen molar-refractivity contribution in [2.24, 2.45) is 0 Å². The molecule has 1 aliphatic carbocycles. The van der Waals surface area contributed by atoms with Crippen LogP contribution >= 0.6 is 11.8 Å². The summed E-state index contributed by atoms with van der Waals surface area (Å²) >= 11 is 1.38. The fourth-order valence-corrected chi connectivity index (χ4v) is 4.87. The van der Waals surface area contributed by atoms with E-state index in [1.165, 1.54) is 11.8 Å². The molecule has 3 aromatic carbocycles. The number of nitrogens with zero attached hydrogens (tertiary/aromatic N) is 4. The Morgan fingerprint density at radius 3 is 2.63 bits per heavy atom. The van der Waals surface area contributed by atoms with Crippen LogP contribution in [0.25, 0.3) is 16.5 Å². The van der Waals surface area contributed by atoms with Crippen molar-refractivity contribution >= 4 is 28.3 Å². The van der Waals surface area contributed by atoms with Gasteiger partial charge in [-0.3, -0.25) is 4.79 Å². The van der Waals surface area contributed by atoms with Crippen molar-refractivity contribution in [2.75, 3.05) is 14.2 Å². The zero-order valence-corrected chi connectivity index (χ0v) is 17.2. The Labute approximate surface area is 177 Å². The second-order valence-corrected chi connectivity index (χ2v) is 8.08. The van der Waals surface area contributed by atoms with Crippen LogP contribution in [0.1, 0.15) is 15.9 Å². The summed E-state index contributed by atoms with van der Waals surface area (Å²) in [5, 5.41) is 14.7. The lowest BCUT2D eigenvalue weighted by atomic mass is 10.1. The first-order valence-electron chi connectivity index (χ1n) is 9.42. The number of benzene rings is 3. The number of hydrogen-bond acceptors (Lipinski definition) is 7. The Hall–Kier alpha value is -3.39. The Kier molecular flexibility index (Phi) is 4.63. The van der Waals surface area contributed by atoms with Crippen molar-refractivity contribution < 1.29 is 14.3 Å². The second-order valence-electron chi connectivity index (χ2n) is 6.91. The third-order valence-corrected chi connectivity index (χ3v) is 6.39. The van der Waals surface area contributed by atoms with Crippen molar-refractivity contribution in [3.63, 3.8) is 0 Å². The van der Waals surface area contributed by atoms with Crippen LogP contribution in [0.4, 0.5) is 0 Å². The first-order chi connectivity index (χ1) is 14.7. The number of thioether (sulfide) groups is 1. The van der Waals surface area contributed by atoms with Crippen LogP contribution in [0.15, 0.2) is 59.8 Å². The summed E-state index contributed by atoms with van der Waals surface area (Å²) in [7, 11) is 3.15. The Bertz CT molecular complexity index is 1270. The zero-order valence-electron chi connectivity index (χ0n) is 16.4. The predicted molar refractivity (Wildman–Crippen MR) is 114 cm³/mol. The molecule has 0 saturated heterocycles. The molecule has 1 heterocycles. The number of Topliss-reactive ketones (excluding diaryl/α,β-unsaturated/α-hetero) is 1. The third-order valence-electron chi connectivity index (χ3n) is 5.26. The maximum atomic E-state index is 13.1. The van der Waals surface area contributed by atoms with Gasteiger partial charge in [-0.2, -0.15) is 4.68 Å². The van der Waals surface area contributed by atoms with Gasteiger partial charge in [0.15, 0.2) is 17.3 Å². The Morgan fingerprint density at radius 1 is 1.03 bits per heavy atom. The molecule has 0 fully saturated rings. The van der Waals surface area contributed by atoms with Crippen LogP contribution in [0.3, 0.4) is 0 Å². The van der Waals surface area contributed by atoms with E-state index in [9.17, 15) is 4.79 Å². The molecule has 1 unspecified atom stereocenters. The average molecular weight is 418 g/mol. The number of fused-ring (bicyclic) bond motifs is 2. The molecule has 0 spiro atoms. The fourth-order valence-electron chi connectivity index (χ4n) is 3.80. The van der Waals surface area contributed by atoms with Crippen LogP contribution in [0.2, 0.25) is 0 Å². The van der Waals surface area contributed by atoms with E-state index < -0.39 is 0 Å². The highest BCUT2D eigenvalue weighted by atomic mass is 32.2. The molecule has 0 aliphatic heterocycles. The van der Waals surface area contributed by atoms with Crippen LogP contribution in [0, 0.1) is 0 Å². The SMILES string of the molecule is COc1cc2c(cc1OC)C(=O)C(Sc1nnnn1-c1cccc3ccccc13)C2. The molecular formula is C22H18N4O3S. The summed E-state index contributed by atoms with van der Waals surface area (Å²) in [4.78, 5) is 13.1. The molecule has 5 rings (SSSR count). The molecule has 4 aromatic rings. The monoisotopic (exact) mass is 418 g/mol. The van der Waals surface area contributed by atoms with E-state index >= 15 is 0 Å². The maximum Gasteiger partial charge on any atom is 0.214 e. The van der Waals surface area contributed by atoms with Gasteiger partial charge in [-0.25, -0.2) is 0 Å². The predicted octanol–water partition coefficient (Wildman–Crippen LogP) is 3.73. The highest BCUT2D eigenvalue weighted by Crippen LogP contribution is 2.39. The Balaban J connectivity index is 1.48. The topological polar surface area (TPSA) is 79.1 Å². The number of ether oxygens (including phenoxy) is 2. The molecule has 8 heteroatoms. The quantitative estimate of drug-likeness (QED) is 0.489. The summed E-state index contributed by atoms with van der Waals surface area (Å²) in [6, 6.07) is 17.7. The van der Waals surface area contributed by atoms with E-state index in [4.69, 9.17) is 9.47 Å². The molecular weight excluding hydrogens is 400 g/mol. The van der Waals surface area contributed by atoms with Gasteiger partial charge < -0.3 is 9.47 Å². The largest absolute Gasteiger partial charge is 0.493 e. The molecule has 30 heavy (non-hydrogen) atoms. The number of carbonyl (C=O) groups excluding carboxylic acids is 1. The van der Waals surface area contributed by atoms with Gasteiger partial charge in [-0.1, -0.05) is 48.2 Å². The lowest BCUT2D eigenvalue weighted by molar-refractivity contribution is 0.1000. The van der Waals surface area contributed by atoms with Gasteiger partial charge in [-0.15, -0.1) is 5.10 Å². The average Bonchev–Trinajstić information content (AvgIpc) is 3.36. The molecule has 7 nitrogen and oxygen atoms in total. The summed E-state index contributed by atoms with van der Waals surface area (Å²) in [6.07, 6.45) is 0.585. The van der Waals surface area contributed by atoms with E-state index in [0.29, 0.717) is 28.6 Å². The van der Waals surface area contributed by atoms with Crippen molar-refractivity contribution in [1.82, 2.24) is 20.2 Å². The van der Waals surface area contributed by atoms with E-state index in [0.717, 1.165) is 22.0 Å². The number of rotatable bonds is 5. The molecule has 0 saturated carbocycles. The van der Waals surface area contributed by atoms with Gasteiger partial charge in [-0.05, 0) is 46.0 Å². The normalized spacial score (nSPS) is 15.4. The molecule has 0 bridgehead atoms. The summed E-state index contributed by atoms with van der Waals surface area (Å²) in [5.74, 6) is 1.22. The first-order valence-corrected chi connectivity index (χ1v) is 10.3. The van der Waals surface area contributed by atoms with Gasteiger partial charge in [0.05, 0.1) is 25.2 Å². The van der Waals surface area contributed by atoms with Crippen LogP contribution in [-0.2, 0) is 6.42 Å². The Morgan fingerprint density at radius 2 is 1.80 bits per heavy atom. The number of ketones is 1. The third kappa shape index (κ3) is 3.00. The number of aromatic nitrogens is 4. The van der Waals surface area contributed by atoms with Crippen LogP contribution in [0.5, 0.6) is 11.5 Å². The minimum Gasteiger partial charge on any atom is -0.493 e. The molecule has 0 amide bonds. The zero-order chi connectivity index (χ0) is 20.7. The minimum atomic E-state index is -0.309. The summed E-state index contributed by atoms with van der Waals surface area (Å²) < 4.78 is 12.4. The number of tetrazole rings is 1. The molecule has 0 N–H and O–H groups in total. The van der Waals surface area contributed by atoms with Gasteiger partial charge in [0.1, 0.15) is 0 Å². The molecule has 1 atom stereocenters. The lowest BCUT2D eigenvalue weighted by Gasteiger charge is -2.10. The smallest absolute Gasteiger partial charge is 0.214 e. The highest BCUT2D eigenvalue weighted by molar-refractivity contribution is 8.00. The van der Waals surface area contributed by atoms with Crippen molar-refractivity contribution in [1.29, 1.82) is 0 Å². The first kappa shape index (κ1) is 18.6. The summed E-state index contributed by atoms with van der Waals surface area (Å²) in [5.41, 5.74) is 2.49. The van der Waals surface area contributed by atoms with E-state index in [2.05, 4.69) is 15.5 Å². The maximum absolute atomic E-state index is 13.1. The van der Waals surface area contributed by atoms with Gasteiger partial charge in [0.25, 0.3) is 0 Å². The lowest BCUT2D eigenvalue weighted by Crippen LogP contribution is -2.13. The minimum absolute atomic E-state index is 0.0448. The molecule has 0 radical (unpaired) electrons. The van der Waals surface area contributed by atoms with E-state index in [1.807, 2.05) is 48.5 Å². The van der Waals surface area contributed by atoms with Gasteiger partial charge in [0.2, 0.25) is 5.16 Å². The second kappa shape index (κ2) is 7.46. The van der Waals surface area contributed by atoms with Crippen LogP contribution < -0.4 is 9.47 Å². The van der Waals surface area contributed by atoms with E-state index in [1.54, 1.807) is 25.0 Å². The standard InChI is InChI=1S/C22H18N4O3S/c1-28-18-10-14-11-20(21(27)16(14)12-19(18)29-2)30-22-23-24-25-26(22)17-9-5-7-13-6-3-4-8-15(13)17/h3-10,12,20H,11H2,1-2H3. The molecule has 1 aliphatic rings. The number of hydrogen-bond donors (Lipinski definition) is 0. The highest BCUT2D eigenvalue weighted by Gasteiger charge is 2.34. The van der Waals surface area contributed by atoms with Crippen LogP contribution in [-0.4, -0.2) is 45.5 Å². The van der Waals surface area contributed by atoms with E-state index in [-0.39, 0.29) is 11.0 Å².